The maximum absolute atomic E-state index is 15.2. The Kier molecular flexibility index (Phi) is 8.32. The summed E-state index contributed by atoms with van der Waals surface area (Å²) < 4.78 is 72.2. The number of aliphatic imine (C=N–C) groups is 1. The number of amides is 2. The first kappa shape index (κ1) is 29.7. The first-order chi connectivity index (χ1) is 16.8. The normalized spacial score (nSPS) is 24.6. The smallest absolute Gasteiger partial charge is 0.426 e. The summed E-state index contributed by atoms with van der Waals surface area (Å²) >= 11 is 4.18. The van der Waals surface area contributed by atoms with Gasteiger partial charge in [-0.1, -0.05) is 27.7 Å². The van der Waals surface area contributed by atoms with Gasteiger partial charge in [0.1, 0.15) is 22.6 Å². The summed E-state index contributed by atoms with van der Waals surface area (Å²) in [4.78, 5) is 31.5. The van der Waals surface area contributed by atoms with E-state index in [1.165, 1.54) is 12.1 Å². The molecular weight excluding hydrogens is 584 g/mol. The summed E-state index contributed by atoms with van der Waals surface area (Å²) in [5.41, 5.74) is -3.62. The number of carbonyl (C=O) groups is 2. The predicted octanol–water partition coefficient (Wildman–Crippen LogP) is 7.03. The number of fused-ring (bicyclic) bond motifs is 1. The van der Waals surface area contributed by atoms with Crippen LogP contribution in [0.15, 0.2) is 27.7 Å². The molecule has 206 valence electrons. The van der Waals surface area contributed by atoms with Crippen LogP contribution in [-0.2, 0) is 19.7 Å². The second-order valence-corrected chi connectivity index (χ2v) is 12.7. The van der Waals surface area contributed by atoms with Crippen LogP contribution in [0.5, 0.6) is 0 Å². The molecule has 0 saturated carbocycles. The van der Waals surface area contributed by atoms with Crippen LogP contribution in [0.4, 0.5) is 27.2 Å². The van der Waals surface area contributed by atoms with E-state index in [2.05, 4.69) is 20.9 Å². The van der Waals surface area contributed by atoms with Crippen molar-refractivity contribution in [2.75, 3.05) is 12.4 Å². The predicted molar refractivity (Wildman–Crippen MR) is 134 cm³/mol. The van der Waals surface area contributed by atoms with Crippen LogP contribution in [0.25, 0.3) is 0 Å². The third-order valence-corrected chi connectivity index (χ3v) is 7.08. The molecule has 1 fully saturated rings. The van der Waals surface area contributed by atoms with Crippen molar-refractivity contribution in [3.63, 3.8) is 0 Å². The van der Waals surface area contributed by atoms with Crippen molar-refractivity contribution in [1.29, 1.82) is 0 Å². The Hall–Kier alpha value is -1.86. The maximum atomic E-state index is 15.2. The lowest BCUT2D eigenvalue weighted by molar-refractivity contribution is -0.245. The lowest BCUT2D eigenvalue weighted by atomic mass is 9.75. The lowest BCUT2D eigenvalue weighted by Gasteiger charge is -2.47. The van der Waals surface area contributed by atoms with Gasteiger partial charge in [0.15, 0.2) is 11.3 Å². The highest BCUT2D eigenvalue weighted by atomic mass is 79.9. The molecular formula is C24H29BrF4N2O5S. The Morgan fingerprint density at radius 3 is 2.19 bits per heavy atom. The van der Waals surface area contributed by atoms with Crippen molar-refractivity contribution in [3.8, 4) is 0 Å². The van der Waals surface area contributed by atoms with Crippen LogP contribution < -0.4 is 0 Å². The van der Waals surface area contributed by atoms with Gasteiger partial charge in [-0.25, -0.2) is 19.0 Å². The number of halogens is 5. The molecule has 0 N–H and O–H groups in total. The summed E-state index contributed by atoms with van der Waals surface area (Å²) in [5, 5.41) is -0.187. The topological polar surface area (TPSA) is 77.4 Å². The minimum absolute atomic E-state index is 0.00280. The third kappa shape index (κ3) is 6.97. The molecule has 13 heteroatoms. The molecule has 0 radical (unpaired) electrons. The molecule has 3 atom stereocenters. The van der Waals surface area contributed by atoms with Crippen molar-refractivity contribution in [2.45, 2.75) is 77.0 Å². The minimum Gasteiger partial charge on any atom is -0.443 e. The summed E-state index contributed by atoms with van der Waals surface area (Å²) in [6, 6.07) is 4.03. The van der Waals surface area contributed by atoms with Gasteiger partial charge in [-0.3, -0.25) is 0 Å². The van der Waals surface area contributed by atoms with E-state index in [0.29, 0.717) is 9.37 Å². The maximum Gasteiger partial charge on any atom is 0.426 e. The molecule has 0 aliphatic carbocycles. The van der Waals surface area contributed by atoms with Crippen molar-refractivity contribution < 1.29 is 41.4 Å². The van der Waals surface area contributed by atoms with Gasteiger partial charge in [0, 0.05) is 21.7 Å². The average molecular weight is 613 g/mol. The molecule has 37 heavy (non-hydrogen) atoms. The number of nitrogens with zero attached hydrogens (tertiary/aromatic N) is 2. The molecule has 2 amide bonds. The minimum atomic E-state index is -4.62. The highest BCUT2D eigenvalue weighted by molar-refractivity contribution is 9.10. The monoisotopic (exact) mass is 612 g/mol. The SMILES string of the molecule is CC(C)(C)OC(=O)N(C(=O)OC(C)(C)C)C1=NC2(c3cc(Br)ccc3F)CO[C@@H](C(F)(F)F)CC2CS1. The van der Waals surface area contributed by atoms with Gasteiger partial charge in [-0.15, -0.1) is 0 Å². The quantitative estimate of drug-likeness (QED) is 0.317. The van der Waals surface area contributed by atoms with Gasteiger partial charge >= 0.3 is 18.4 Å². The average Bonchev–Trinajstić information content (AvgIpc) is 2.71. The largest absolute Gasteiger partial charge is 0.443 e. The number of hydrogen-bond acceptors (Lipinski definition) is 7. The molecule has 2 heterocycles. The molecule has 3 rings (SSSR count). The van der Waals surface area contributed by atoms with E-state index in [1.807, 2.05) is 0 Å². The number of imide groups is 1. The van der Waals surface area contributed by atoms with Gasteiger partial charge < -0.3 is 14.2 Å². The fourth-order valence-electron chi connectivity index (χ4n) is 3.95. The Labute approximate surface area is 225 Å². The molecule has 0 aromatic heterocycles. The lowest BCUT2D eigenvalue weighted by Crippen LogP contribution is -2.55. The number of alkyl halides is 3. The molecule has 1 saturated heterocycles. The number of hydrogen-bond donors (Lipinski definition) is 0. The zero-order chi connectivity index (χ0) is 28.0. The molecule has 1 aromatic carbocycles. The molecule has 0 spiro atoms. The van der Waals surface area contributed by atoms with Crippen LogP contribution in [0.1, 0.15) is 53.5 Å². The number of benzene rings is 1. The number of amidine groups is 1. The number of thioether (sulfide) groups is 1. The highest BCUT2D eigenvalue weighted by Gasteiger charge is 2.56. The van der Waals surface area contributed by atoms with Crippen molar-refractivity contribution >= 4 is 45.0 Å². The van der Waals surface area contributed by atoms with Gasteiger partial charge in [0.25, 0.3) is 0 Å². The summed E-state index contributed by atoms with van der Waals surface area (Å²) in [6.07, 6.45) is -9.30. The Bertz CT molecular complexity index is 1060. The number of rotatable bonds is 1. The molecule has 2 aliphatic rings. The third-order valence-electron chi connectivity index (χ3n) is 5.49. The summed E-state index contributed by atoms with van der Waals surface area (Å²) in [5.74, 6) is -1.52. The van der Waals surface area contributed by atoms with E-state index in [-0.39, 0.29) is 16.5 Å². The highest BCUT2D eigenvalue weighted by Crippen LogP contribution is 2.50. The van der Waals surface area contributed by atoms with Crippen molar-refractivity contribution in [2.24, 2.45) is 10.9 Å². The van der Waals surface area contributed by atoms with E-state index in [0.717, 1.165) is 17.8 Å². The van der Waals surface area contributed by atoms with E-state index >= 15 is 4.39 Å². The first-order valence-electron chi connectivity index (χ1n) is 11.4. The van der Waals surface area contributed by atoms with Gasteiger partial charge in [0.2, 0.25) is 0 Å². The van der Waals surface area contributed by atoms with E-state index in [1.54, 1.807) is 41.5 Å². The van der Waals surface area contributed by atoms with Crippen LogP contribution >= 0.6 is 27.7 Å². The standard InChI is InChI=1S/C24H29BrF4N2O5S/c1-21(2,3)35-19(32)31(20(33)36-22(4,5)6)18-30-23(15-10-14(25)7-8-16(15)26)12-34-17(24(27,28)29)9-13(23)11-37-18/h7-8,10,13,17H,9,11-12H2,1-6H3/t13?,17-,23?/m1/s1. The Balaban J connectivity index is 2.16. The van der Waals surface area contributed by atoms with E-state index in [4.69, 9.17) is 14.2 Å². The van der Waals surface area contributed by atoms with E-state index < -0.39 is 66.0 Å². The molecule has 0 bridgehead atoms. The Morgan fingerprint density at radius 2 is 1.68 bits per heavy atom. The van der Waals surface area contributed by atoms with Crippen LogP contribution in [-0.4, -0.2) is 58.1 Å². The second-order valence-electron chi connectivity index (χ2n) is 10.8. The van der Waals surface area contributed by atoms with Gasteiger partial charge in [-0.2, -0.15) is 18.1 Å². The van der Waals surface area contributed by atoms with Crippen LogP contribution in [0.2, 0.25) is 0 Å². The van der Waals surface area contributed by atoms with Crippen LogP contribution in [0, 0.1) is 11.7 Å². The molecule has 7 nitrogen and oxygen atoms in total. The first-order valence-corrected chi connectivity index (χ1v) is 13.2. The van der Waals surface area contributed by atoms with Crippen molar-refractivity contribution in [3.05, 3.63) is 34.1 Å². The molecule has 2 aliphatic heterocycles. The van der Waals surface area contributed by atoms with E-state index in [9.17, 15) is 22.8 Å². The second kappa shape index (κ2) is 10.4. The zero-order valence-electron chi connectivity index (χ0n) is 21.2. The Morgan fingerprint density at radius 1 is 1.11 bits per heavy atom. The van der Waals surface area contributed by atoms with Gasteiger partial charge in [0.05, 0.1) is 6.61 Å². The molecule has 2 unspecified atom stereocenters. The number of carbonyl (C=O) groups excluding carboxylic acids is 2. The fraction of sp³-hybridized carbons (Fsp3) is 0.625. The summed E-state index contributed by atoms with van der Waals surface area (Å²) in [6.45, 7) is 9.02. The zero-order valence-corrected chi connectivity index (χ0v) is 23.6. The van der Waals surface area contributed by atoms with Gasteiger partial charge in [-0.05, 0) is 66.2 Å². The number of ether oxygens (including phenoxy) is 3. The van der Waals surface area contributed by atoms with Crippen LogP contribution in [0.3, 0.4) is 0 Å². The van der Waals surface area contributed by atoms with Crippen molar-refractivity contribution in [1.82, 2.24) is 4.90 Å². The summed E-state index contributed by atoms with van der Waals surface area (Å²) in [7, 11) is 0. The molecule has 1 aromatic rings. The fourth-order valence-corrected chi connectivity index (χ4v) is 5.58.